The highest BCUT2D eigenvalue weighted by Gasteiger charge is 2.13. The van der Waals surface area contributed by atoms with Crippen molar-refractivity contribution < 1.29 is 5.11 Å². The minimum atomic E-state index is 0.100. The Morgan fingerprint density at radius 2 is 1.90 bits per heavy atom. The monoisotopic (exact) mass is 298 g/mol. The van der Waals surface area contributed by atoms with Crippen molar-refractivity contribution in [2.75, 3.05) is 5.32 Å². The molecule has 0 spiro atoms. The quantitative estimate of drug-likeness (QED) is 0.730. The minimum absolute atomic E-state index is 0.100. The topological polar surface area (TPSA) is 45.2 Å². The summed E-state index contributed by atoms with van der Waals surface area (Å²) in [6.45, 7) is 5.92. The maximum absolute atomic E-state index is 10.0. The van der Waals surface area contributed by atoms with Crippen LogP contribution in [0.5, 0.6) is 5.75 Å². The fourth-order valence-corrected chi connectivity index (χ4v) is 3.33. The summed E-state index contributed by atoms with van der Waals surface area (Å²) in [6, 6.07) is 12.2. The summed E-state index contributed by atoms with van der Waals surface area (Å²) in [5.74, 6) is 0.358. The smallest absolute Gasteiger partial charge is 0.123 e. The van der Waals surface area contributed by atoms with Gasteiger partial charge in [0.05, 0.1) is 16.3 Å². The predicted octanol–water partition coefficient (Wildman–Crippen LogP) is 4.79. The molecule has 0 saturated carbocycles. The van der Waals surface area contributed by atoms with Crippen LogP contribution in [0.3, 0.4) is 0 Å². The van der Waals surface area contributed by atoms with E-state index in [4.69, 9.17) is 0 Å². The van der Waals surface area contributed by atoms with Gasteiger partial charge in [0.2, 0.25) is 0 Å². The lowest BCUT2D eigenvalue weighted by atomic mass is 10.1. The van der Waals surface area contributed by atoms with Gasteiger partial charge in [0.25, 0.3) is 0 Å². The van der Waals surface area contributed by atoms with Gasteiger partial charge < -0.3 is 10.4 Å². The van der Waals surface area contributed by atoms with E-state index in [0.717, 1.165) is 27.3 Å². The molecule has 0 aliphatic carbocycles. The molecule has 0 amide bonds. The Bertz CT molecular complexity index is 762. The number of thiazole rings is 1. The Labute approximate surface area is 128 Å². The third-order valence-corrected chi connectivity index (χ3v) is 4.90. The average Bonchev–Trinajstić information content (AvgIpc) is 2.92. The fourth-order valence-electron chi connectivity index (χ4n) is 2.36. The molecule has 1 aromatic heterocycles. The lowest BCUT2D eigenvalue weighted by molar-refractivity contribution is 0.467. The standard InChI is InChI=1S/C17H18N2OS/c1-10-8-9-13(11(2)16(10)20)18-12(3)17-19-14-6-4-5-7-15(14)21-17/h4-9,12,18,20H,1-3H3. The SMILES string of the molecule is Cc1ccc(NC(C)c2nc3ccccc3s2)c(C)c1O. The molecule has 1 heterocycles. The van der Waals surface area contributed by atoms with E-state index in [1.54, 1.807) is 11.3 Å². The molecule has 0 radical (unpaired) electrons. The van der Waals surface area contributed by atoms with Gasteiger partial charge in [-0.3, -0.25) is 0 Å². The van der Waals surface area contributed by atoms with E-state index in [0.29, 0.717) is 5.75 Å². The Balaban J connectivity index is 1.89. The predicted molar refractivity (Wildman–Crippen MR) is 89.2 cm³/mol. The van der Waals surface area contributed by atoms with Crippen LogP contribution in [-0.4, -0.2) is 10.1 Å². The normalized spacial score (nSPS) is 12.5. The van der Waals surface area contributed by atoms with Gasteiger partial charge in [-0.25, -0.2) is 4.98 Å². The molecule has 3 aromatic rings. The van der Waals surface area contributed by atoms with E-state index >= 15 is 0 Å². The van der Waals surface area contributed by atoms with Crippen LogP contribution in [-0.2, 0) is 0 Å². The summed E-state index contributed by atoms with van der Waals surface area (Å²) >= 11 is 1.70. The number of rotatable bonds is 3. The first-order valence-corrected chi connectivity index (χ1v) is 7.79. The highest BCUT2D eigenvalue weighted by atomic mass is 32.1. The molecule has 0 aliphatic heterocycles. The van der Waals surface area contributed by atoms with Crippen LogP contribution in [0.4, 0.5) is 5.69 Å². The summed E-state index contributed by atoms with van der Waals surface area (Å²) in [5, 5.41) is 14.5. The number of benzene rings is 2. The number of nitrogens with one attached hydrogen (secondary N) is 1. The van der Waals surface area contributed by atoms with Gasteiger partial charge in [-0.1, -0.05) is 18.2 Å². The van der Waals surface area contributed by atoms with Crippen LogP contribution in [0.15, 0.2) is 36.4 Å². The van der Waals surface area contributed by atoms with Gasteiger partial charge in [0.15, 0.2) is 0 Å². The molecule has 0 aliphatic rings. The molecular formula is C17H18N2OS. The van der Waals surface area contributed by atoms with Crippen LogP contribution >= 0.6 is 11.3 Å². The van der Waals surface area contributed by atoms with Crippen molar-refractivity contribution in [1.29, 1.82) is 0 Å². The number of fused-ring (bicyclic) bond motifs is 1. The Morgan fingerprint density at radius 1 is 1.14 bits per heavy atom. The Hall–Kier alpha value is -2.07. The molecule has 21 heavy (non-hydrogen) atoms. The number of para-hydroxylation sites is 1. The first-order chi connectivity index (χ1) is 10.1. The number of anilines is 1. The zero-order valence-corrected chi connectivity index (χ0v) is 13.2. The van der Waals surface area contributed by atoms with Crippen LogP contribution < -0.4 is 5.32 Å². The van der Waals surface area contributed by atoms with E-state index in [2.05, 4.69) is 23.3 Å². The molecule has 1 atom stereocenters. The number of hydrogen-bond donors (Lipinski definition) is 2. The summed E-state index contributed by atoms with van der Waals surface area (Å²) < 4.78 is 1.20. The third kappa shape index (κ3) is 2.59. The van der Waals surface area contributed by atoms with E-state index in [1.807, 2.05) is 44.2 Å². The zero-order valence-electron chi connectivity index (χ0n) is 12.3. The molecule has 0 bridgehead atoms. The largest absolute Gasteiger partial charge is 0.507 e. The second kappa shape index (κ2) is 5.37. The van der Waals surface area contributed by atoms with Gasteiger partial charge >= 0.3 is 0 Å². The molecule has 0 saturated heterocycles. The number of phenols is 1. The second-order valence-corrected chi connectivity index (χ2v) is 6.35. The van der Waals surface area contributed by atoms with Crippen molar-refractivity contribution >= 4 is 27.2 Å². The van der Waals surface area contributed by atoms with E-state index in [9.17, 15) is 5.11 Å². The summed E-state index contributed by atoms with van der Waals surface area (Å²) in [7, 11) is 0. The van der Waals surface area contributed by atoms with E-state index < -0.39 is 0 Å². The van der Waals surface area contributed by atoms with E-state index in [1.165, 1.54) is 4.70 Å². The van der Waals surface area contributed by atoms with E-state index in [-0.39, 0.29) is 6.04 Å². The molecule has 3 rings (SSSR count). The fraction of sp³-hybridized carbons (Fsp3) is 0.235. The molecule has 2 aromatic carbocycles. The van der Waals surface area contributed by atoms with Gasteiger partial charge in [-0.05, 0) is 44.5 Å². The van der Waals surface area contributed by atoms with Crippen LogP contribution in [0.25, 0.3) is 10.2 Å². The Kier molecular flexibility index (Phi) is 3.55. The molecule has 108 valence electrons. The summed E-state index contributed by atoms with van der Waals surface area (Å²) in [4.78, 5) is 4.67. The first-order valence-electron chi connectivity index (χ1n) is 6.97. The number of aryl methyl sites for hydroxylation is 1. The van der Waals surface area contributed by atoms with Crippen LogP contribution in [0, 0.1) is 13.8 Å². The minimum Gasteiger partial charge on any atom is -0.507 e. The molecule has 2 N–H and O–H groups in total. The van der Waals surface area contributed by atoms with Crippen molar-refractivity contribution in [3.8, 4) is 5.75 Å². The van der Waals surface area contributed by atoms with Crippen LogP contribution in [0.2, 0.25) is 0 Å². The van der Waals surface area contributed by atoms with Gasteiger partial charge in [-0.2, -0.15) is 0 Å². The molecule has 3 nitrogen and oxygen atoms in total. The van der Waals surface area contributed by atoms with Crippen LogP contribution in [0.1, 0.15) is 29.1 Å². The van der Waals surface area contributed by atoms with Gasteiger partial charge in [0, 0.05) is 11.3 Å². The van der Waals surface area contributed by atoms with Crippen molar-refractivity contribution in [3.05, 3.63) is 52.5 Å². The average molecular weight is 298 g/mol. The Morgan fingerprint density at radius 3 is 2.67 bits per heavy atom. The van der Waals surface area contributed by atoms with Crippen molar-refractivity contribution in [2.24, 2.45) is 0 Å². The van der Waals surface area contributed by atoms with Crippen molar-refractivity contribution in [2.45, 2.75) is 26.8 Å². The number of hydrogen-bond acceptors (Lipinski definition) is 4. The highest BCUT2D eigenvalue weighted by Crippen LogP contribution is 2.32. The molecular weight excluding hydrogens is 280 g/mol. The number of nitrogens with zero attached hydrogens (tertiary/aromatic N) is 1. The maximum atomic E-state index is 10.0. The summed E-state index contributed by atoms with van der Waals surface area (Å²) in [5.41, 5.74) is 3.76. The zero-order chi connectivity index (χ0) is 15.0. The third-order valence-electron chi connectivity index (χ3n) is 3.69. The maximum Gasteiger partial charge on any atom is 0.123 e. The summed E-state index contributed by atoms with van der Waals surface area (Å²) in [6.07, 6.45) is 0. The van der Waals surface area contributed by atoms with Crippen molar-refractivity contribution in [3.63, 3.8) is 0 Å². The number of phenolic OH excluding ortho intramolecular Hbond substituents is 1. The van der Waals surface area contributed by atoms with Gasteiger partial charge in [-0.15, -0.1) is 11.3 Å². The highest BCUT2D eigenvalue weighted by molar-refractivity contribution is 7.18. The van der Waals surface area contributed by atoms with Gasteiger partial charge in [0.1, 0.15) is 10.8 Å². The molecule has 0 fully saturated rings. The second-order valence-electron chi connectivity index (χ2n) is 5.29. The molecule has 4 heteroatoms. The van der Waals surface area contributed by atoms with Crippen molar-refractivity contribution in [1.82, 2.24) is 4.98 Å². The first kappa shape index (κ1) is 13.9. The lowest BCUT2D eigenvalue weighted by Gasteiger charge is -2.16. The number of aromatic nitrogens is 1. The molecule has 1 unspecified atom stereocenters. The number of aromatic hydroxyl groups is 1. The lowest BCUT2D eigenvalue weighted by Crippen LogP contribution is -2.07.